The Morgan fingerprint density at radius 2 is 2.11 bits per heavy atom. The van der Waals surface area contributed by atoms with E-state index in [-0.39, 0.29) is 19.0 Å². The van der Waals surface area contributed by atoms with Gasteiger partial charge in [0.25, 0.3) is 0 Å². The van der Waals surface area contributed by atoms with Gasteiger partial charge in [0, 0.05) is 7.05 Å². The third kappa shape index (κ3) is 3.13. The number of nitrogens with zero attached hydrogens (tertiary/aromatic N) is 4. The van der Waals surface area contributed by atoms with Crippen molar-refractivity contribution >= 4 is 28.8 Å². The van der Waals surface area contributed by atoms with Gasteiger partial charge in [-0.25, -0.2) is 15.0 Å². The van der Waals surface area contributed by atoms with Gasteiger partial charge in [-0.2, -0.15) is 0 Å². The van der Waals surface area contributed by atoms with Gasteiger partial charge in [0.15, 0.2) is 29.0 Å². The zero-order valence-electron chi connectivity index (χ0n) is 15.8. The van der Waals surface area contributed by atoms with E-state index in [2.05, 4.69) is 20.3 Å². The van der Waals surface area contributed by atoms with Crippen LogP contribution in [0.1, 0.15) is 20.1 Å². The van der Waals surface area contributed by atoms with Crippen LogP contribution in [0.4, 0.5) is 11.8 Å². The third-order valence-electron chi connectivity index (χ3n) is 4.64. The van der Waals surface area contributed by atoms with Crippen molar-refractivity contribution < 1.29 is 23.7 Å². The van der Waals surface area contributed by atoms with Gasteiger partial charge >= 0.3 is 0 Å². The van der Waals surface area contributed by atoms with Crippen LogP contribution in [0.5, 0.6) is 0 Å². The van der Waals surface area contributed by atoms with Gasteiger partial charge in [-0.05, 0) is 13.8 Å². The Kier molecular flexibility index (Phi) is 4.57. The Labute approximate surface area is 160 Å². The molecule has 2 saturated heterocycles. The molecule has 0 aromatic carbocycles. The SMILES string of the molecule is CNc1nc2c(N)ncnc2n1[C@@H]1O[C@H](COCC(N)=O)[C@H]2OC(C)(C)O[C@H]21. The molecular formula is C16H23N7O5. The van der Waals surface area contributed by atoms with Crippen molar-refractivity contribution in [2.45, 2.75) is 44.2 Å². The highest BCUT2D eigenvalue weighted by Crippen LogP contribution is 2.45. The highest BCUT2D eigenvalue weighted by Gasteiger charge is 2.56. The Balaban J connectivity index is 1.70. The van der Waals surface area contributed by atoms with Crippen molar-refractivity contribution in [1.29, 1.82) is 0 Å². The number of primary amides is 1. The van der Waals surface area contributed by atoms with Gasteiger partial charge in [0.2, 0.25) is 11.9 Å². The molecule has 4 atom stereocenters. The lowest BCUT2D eigenvalue weighted by molar-refractivity contribution is -0.201. The fourth-order valence-electron chi connectivity index (χ4n) is 3.62. The van der Waals surface area contributed by atoms with E-state index in [0.29, 0.717) is 17.1 Å². The van der Waals surface area contributed by atoms with Crippen LogP contribution < -0.4 is 16.8 Å². The number of carbonyl (C=O) groups excluding carboxylic acids is 1. The topological polar surface area (TPSA) is 162 Å². The molecule has 2 aliphatic heterocycles. The molecule has 4 heterocycles. The number of imidazole rings is 1. The Morgan fingerprint density at radius 1 is 1.36 bits per heavy atom. The van der Waals surface area contributed by atoms with Crippen molar-refractivity contribution in [2.75, 3.05) is 31.3 Å². The summed E-state index contributed by atoms with van der Waals surface area (Å²) < 4.78 is 25.4. The van der Waals surface area contributed by atoms with Crippen LogP contribution in [-0.2, 0) is 23.7 Å². The predicted molar refractivity (Wildman–Crippen MR) is 97.0 cm³/mol. The maximum Gasteiger partial charge on any atom is 0.243 e. The molecular weight excluding hydrogens is 370 g/mol. The first-order valence-corrected chi connectivity index (χ1v) is 8.84. The highest BCUT2D eigenvalue weighted by molar-refractivity contribution is 5.84. The molecule has 1 amide bonds. The average Bonchev–Trinajstić information content (AvgIpc) is 3.24. The normalized spacial score (nSPS) is 28.5. The van der Waals surface area contributed by atoms with Gasteiger partial charge in [0.1, 0.15) is 31.2 Å². The number of nitrogen functional groups attached to an aromatic ring is 1. The molecule has 2 aromatic rings. The highest BCUT2D eigenvalue weighted by atomic mass is 16.8. The number of amides is 1. The fraction of sp³-hybridized carbons (Fsp3) is 0.625. The molecule has 5 N–H and O–H groups in total. The van der Waals surface area contributed by atoms with E-state index in [9.17, 15) is 4.79 Å². The van der Waals surface area contributed by atoms with Crippen LogP contribution in [0.2, 0.25) is 0 Å². The molecule has 2 aliphatic rings. The number of carbonyl (C=O) groups is 1. The number of nitrogens with two attached hydrogens (primary N) is 2. The quantitative estimate of drug-likeness (QED) is 0.576. The summed E-state index contributed by atoms with van der Waals surface area (Å²) in [5, 5.41) is 3.02. The van der Waals surface area contributed by atoms with Crippen molar-refractivity contribution in [3.8, 4) is 0 Å². The van der Waals surface area contributed by atoms with Crippen LogP contribution in [0, 0.1) is 0 Å². The van der Waals surface area contributed by atoms with Gasteiger partial charge in [-0.3, -0.25) is 9.36 Å². The standard InChI is InChI=1S/C16H23N7O5/c1-16(2)27-10-7(4-25-5-8(17)24)26-14(11(10)28-16)23-13-9(22-15(23)19-3)12(18)20-6-21-13/h6-7,10-11,14H,4-5H2,1-3H3,(H2,17,24)(H,19,22)(H2,18,20,21)/t7-,10-,11-,14-/m1/s1. The van der Waals surface area contributed by atoms with Crippen molar-refractivity contribution in [3.63, 3.8) is 0 Å². The molecule has 152 valence electrons. The average molecular weight is 393 g/mol. The summed E-state index contributed by atoms with van der Waals surface area (Å²) in [6.07, 6.45) is -0.564. The first-order valence-electron chi connectivity index (χ1n) is 8.84. The minimum Gasteiger partial charge on any atom is -0.382 e. The minimum absolute atomic E-state index is 0.124. The summed E-state index contributed by atoms with van der Waals surface area (Å²) in [7, 11) is 1.73. The van der Waals surface area contributed by atoms with Crippen LogP contribution in [0.25, 0.3) is 11.2 Å². The summed E-state index contributed by atoms with van der Waals surface area (Å²) in [6, 6.07) is 0. The zero-order valence-corrected chi connectivity index (χ0v) is 15.8. The molecule has 0 unspecified atom stereocenters. The number of anilines is 2. The number of rotatable bonds is 6. The lowest BCUT2D eigenvalue weighted by atomic mass is 10.1. The van der Waals surface area contributed by atoms with E-state index in [1.807, 2.05) is 13.8 Å². The van der Waals surface area contributed by atoms with Crippen LogP contribution in [0.15, 0.2) is 6.33 Å². The van der Waals surface area contributed by atoms with Crippen molar-refractivity contribution in [3.05, 3.63) is 6.33 Å². The smallest absolute Gasteiger partial charge is 0.243 e. The van der Waals surface area contributed by atoms with Gasteiger partial charge in [-0.15, -0.1) is 0 Å². The van der Waals surface area contributed by atoms with E-state index in [1.54, 1.807) is 11.6 Å². The molecule has 0 aliphatic carbocycles. The number of hydrogen-bond acceptors (Lipinski definition) is 10. The maximum absolute atomic E-state index is 11.0. The Hall–Kier alpha value is -2.54. The summed E-state index contributed by atoms with van der Waals surface area (Å²) in [6.45, 7) is 3.58. The van der Waals surface area contributed by atoms with E-state index in [0.717, 1.165) is 0 Å². The van der Waals surface area contributed by atoms with Gasteiger partial charge in [-0.1, -0.05) is 0 Å². The number of nitrogens with one attached hydrogen (secondary N) is 1. The largest absolute Gasteiger partial charge is 0.382 e. The molecule has 28 heavy (non-hydrogen) atoms. The van der Waals surface area contributed by atoms with E-state index in [1.165, 1.54) is 6.33 Å². The molecule has 2 aromatic heterocycles. The Morgan fingerprint density at radius 3 is 2.82 bits per heavy atom. The second-order valence-corrected chi connectivity index (χ2v) is 7.10. The third-order valence-corrected chi connectivity index (χ3v) is 4.64. The van der Waals surface area contributed by atoms with Crippen molar-refractivity contribution in [2.24, 2.45) is 5.73 Å². The Bertz CT molecular complexity index is 901. The molecule has 0 bridgehead atoms. The van der Waals surface area contributed by atoms with Crippen LogP contribution in [0.3, 0.4) is 0 Å². The zero-order chi connectivity index (χ0) is 20.1. The molecule has 12 heteroatoms. The molecule has 0 spiro atoms. The summed E-state index contributed by atoms with van der Waals surface area (Å²) >= 11 is 0. The molecule has 2 fully saturated rings. The van der Waals surface area contributed by atoms with E-state index < -0.39 is 36.2 Å². The summed E-state index contributed by atoms with van der Waals surface area (Å²) in [5.41, 5.74) is 12.1. The monoisotopic (exact) mass is 393 g/mol. The van der Waals surface area contributed by atoms with Crippen molar-refractivity contribution in [1.82, 2.24) is 19.5 Å². The number of fused-ring (bicyclic) bond motifs is 2. The molecule has 12 nitrogen and oxygen atoms in total. The number of ether oxygens (including phenoxy) is 4. The molecule has 0 saturated carbocycles. The lowest BCUT2D eigenvalue weighted by Gasteiger charge is -2.25. The lowest BCUT2D eigenvalue weighted by Crippen LogP contribution is -2.34. The van der Waals surface area contributed by atoms with Crippen LogP contribution in [-0.4, -0.2) is 69.8 Å². The number of aromatic nitrogens is 4. The predicted octanol–water partition coefficient (Wildman–Crippen LogP) is -0.630. The summed E-state index contributed by atoms with van der Waals surface area (Å²) in [4.78, 5) is 23.7. The second kappa shape index (κ2) is 6.81. The fourth-order valence-corrected chi connectivity index (χ4v) is 3.62. The maximum atomic E-state index is 11.0. The van der Waals surface area contributed by atoms with E-state index in [4.69, 9.17) is 30.4 Å². The molecule has 4 rings (SSSR count). The van der Waals surface area contributed by atoms with Gasteiger partial charge in [0.05, 0.1) is 6.61 Å². The van der Waals surface area contributed by atoms with Gasteiger partial charge < -0.3 is 35.7 Å². The molecule has 0 radical (unpaired) electrons. The first-order chi connectivity index (χ1) is 13.3. The minimum atomic E-state index is -0.802. The first kappa shape index (κ1) is 18.8. The van der Waals surface area contributed by atoms with E-state index >= 15 is 0 Å². The summed E-state index contributed by atoms with van der Waals surface area (Å²) in [5.74, 6) is -0.595. The number of hydrogen-bond donors (Lipinski definition) is 3. The van der Waals surface area contributed by atoms with Crippen LogP contribution >= 0.6 is 0 Å². The second-order valence-electron chi connectivity index (χ2n) is 7.10.